The number of nitrogens with zero attached hydrogens (tertiary/aromatic N) is 4. The summed E-state index contributed by atoms with van der Waals surface area (Å²) in [5.74, 6) is 1.19. The zero-order valence-electron chi connectivity index (χ0n) is 16.9. The van der Waals surface area contributed by atoms with Crippen LogP contribution in [-0.2, 0) is 16.6 Å². The van der Waals surface area contributed by atoms with Crippen molar-refractivity contribution in [3.05, 3.63) is 58.8 Å². The van der Waals surface area contributed by atoms with E-state index in [4.69, 9.17) is 4.74 Å². The molecule has 0 fully saturated rings. The maximum atomic E-state index is 12.6. The number of carbonyl (C=O) groups is 2. The minimum absolute atomic E-state index is 0.0173. The lowest BCUT2D eigenvalue weighted by molar-refractivity contribution is -0.121. The standard InChI is InChI=1S/C21H20BrN5O3S/c1-13(27-16-8-3-4-9-17(16)30-11-19(27)29)20-24-25-21(26(20)2)31-12-18(28)23-15-7-5-6-14(22)10-15/h3-10,13H,11-12H2,1-2H3,(H,23,28). The highest BCUT2D eigenvalue weighted by Gasteiger charge is 2.32. The molecule has 8 nitrogen and oxygen atoms in total. The Labute approximate surface area is 192 Å². The number of amides is 2. The van der Waals surface area contributed by atoms with E-state index in [-0.39, 0.29) is 30.2 Å². The predicted molar refractivity (Wildman–Crippen MR) is 122 cm³/mol. The lowest BCUT2D eigenvalue weighted by Gasteiger charge is -2.33. The Bertz CT molecular complexity index is 1140. The molecule has 4 rings (SSSR count). The Hall–Kier alpha value is -2.85. The van der Waals surface area contributed by atoms with Gasteiger partial charge in [-0.15, -0.1) is 10.2 Å². The number of anilines is 2. The number of nitrogens with one attached hydrogen (secondary N) is 1. The molecule has 160 valence electrons. The first kappa shape index (κ1) is 21.4. The molecule has 1 aliphatic heterocycles. The number of aromatic nitrogens is 3. The summed E-state index contributed by atoms with van der Waals surface area (Å²) in [6.07, 6.45) is 0. The summed E-state index contributed by atoms with van der Waals surface area (Å²) in [6, 6.07) is 14.5. The van der Waals surface area contributed by atoms with Crippen LogP contribution in [0.25, 0.3) is 0 Å². The van der Waals surface area contributed by atoms with Gasteiger partial charge in [0.15, 0.2) is 17.6 Å². The first-order valence-electron chi connectivity index (χ1n) is 9.55. The van der Waals surface area contributed by atoms with Crippen LogP contribution in [0, 0.1) is 0 Å². The number of para-hydroxylation sites is 2. The largest absolute Gasteiger partial charge is 0.482 e. The summed E-state index contributed by atoms with van der Waals surface area (Å²) < 4.78 is 8.23. The van der Waals surface area contributed by atoms with Crippen LogP contribution in [-0.4, -0.2) is 38.9 Å². The van der Waals surface area contributed by atoms with Crippen molar-refractivity contribution in [2.45, 2.75) is 18.1 Å². The van der Waals surface area contributed by atoms with E-state index in [1.807, 2.05) is 67.1 Å². The monoisotopic (exact) mass is 501 g/mol. The third-order valence-corrected chi connectivity index (χ3v) is 6.33. The van der Waals surface area contributed by atoms with Gasteiger partial charge in [-0.3, -0.25) is 14.5 Å². The van der Waals surface area contributed by atoms with E-state index in [2.05, 4.69) is 31.4 Å². The highest BCUT2D eigenvalue weighted by molar-refractivity contribution is 9.10. The lowest BCUT2D eigenvalue weighted by Crippen LogP contribution is -2.41. The first-order chi connectivity index (χ1) is 14.9. The Balaban J connectivity index is 1.46. The van der Waals surface area contributed by atoms with Crippen LogP contribution in [0.5, 0.6) is 5.75 Å². The van der Waals surface area contributed by atoms with E-state index in [1.165, 1.54) is 11.8 Å². The normalized spacial score (nSPS) is 14.0. The molecule has 1 atom stereocenters. The fraction of sp³-hybridized carbons (Fsp3) is 0.238. The molecule has 0 bridgehead atoms. The van der Waals surface area contributed by atoms with Gasteiger partial charge in [-0.1, -0.05) is 45.9 Å². The molecule has 1 aliphatic rings. The molecular formula is C21H20BrN5O3S. The Morgan fingerprint density at radius 1 is 1.26 bits per heavy atom. The van der Waals surface area contributed by atoms with E-state index in [9.17, 15) is 9.59 Å². The van der Waals surface area contributed by atoms with Crippen LogP contribution >= 0.6 is 27.7 Å². The second-order valence-corrected chi connectivity index (χ2v) is 8.80. The lowest BCUT2D eigenvalue weighted by atomic mass is 10.1. The third kappa shape index (κ3) is 4.59. The number of fused-ring (bicyclic) bond motifs is 1. The highest BCUT2D eigenvalue weighted by atomic mass is 79.9. The average Bonchev–Trinajstić information content (AvgIpc) is 3.12. The molecule has 2 amide bonds. The molecule has 3 aromatic rings. The van der Waals surface area contributed by atoms with Gasteiger partial charge in [-0.05, 0) is 37.3 Å². The van der Waals surface area contributed by atoms with Crippen LogP contribution < -0.4 is 15.0 Å². The molecule has 0 saturated carbocycles. The molecule has 0 aliphatic carbocycles. The number of ether oxygens (including phenoxy) is 1. The van der Waals surface area contributed by atoms with Gasteiger partial charge < -0.3 is 14.6 Å². The number of halogens is 1. The molecule has 1 N–H and O–H groups in total. The Morgan fingerprint density at radius 2 is 2.06 bits per heavy atom. The average molecular weight is 502 g/mol. The van der Waals surface area contributed by atoms with Crippen molar-refractivity contribution in [3.63, 3.8) is 0 Å². The van der Waals surface area contributed by atoms with E-state index >= 15 is 0 Å². The van der Waals surface area contributed by atoms with Crippen molar-refractivity contribution in [3.8, 4) is 5.75 Å². The van der Waals surface area contributed by atoms with Gasteiger partial charge in [0, 0.05) is 17.2 Å². The summed E-state index contributed by atoms with van der Waals surface area (Å²) in [5.41, 5.74) is 1.42. The van der Waals surface area contributed by atoms with Crippen molar-refractivity contribution in [1.82, 2.24) is 14.8 Å². The van der Waals surface area contributed by atoms with Crippen molar-refractivity contribution < 1.29 is 14.3 Å². The third-order valence-electron chi connectivity index (χ3n) is 4.81. The number of carbonyl (C=O) groups excluding carboxylic acids is 2. The van der Waals surface area contributed by atoms with Gasteiger partial charge in [0.1, 0.15) is 5.75 Å². The second-order valence-electron chi connectivity index (χ2n) is 6.94. The van der Waals surface area contributed by atoms with Gasteiger partial charge >= 0.3 is 0 Å². The smallest absolute Gasteiger partial charge is 0.265 e. The fourth-order valence-corrected chi connectivity index (χ4v) is 4.49. The van der Waals surface area contributed by atoms with Crippen LogP contribution in [0.15, 0.2) is 58.2 Å². The molecule has 0 radical (unpaired) electrons. The van der Waals surface area contributed by atoms with Crippen LogP contribution in [0.3, 0.4) is 0 Å². The summed E-state index contributed by atoms with van der Waals surface area (Å²) in [5, 5.41) is 12.0. The van der Waals surface area contributed by atoms with Gasteiger partial charge in [0.25, 0.3) is 5.91 Å². The zero-order chi connectivity index (χ0) is 22.0. The van der Waals surface area contributed by atoms with Crippen molar-refractivity contribution in [1.29, 1.82) is 0 Å². The summed E-state index contributed by atoms with van der Waals surface area (Å²) in [4.78, 5) is 26.6. The van der Waals surface area contributed by atoms with Crippen LogP contribution in [0.1, 0.15) is 18.8 Å². The van der Waals surface area contributed by atoms with Crippen LogP contribution in [0.4, 0.5) is 11.4 Å². The van der Waals surface area contributed by atoms with Gasteiger partial charge in [0.2, 0.25) is 5.91 Å². The summed E-state index contributed by atoms with van der Waals surface area (Å²) in [6.45, 7) is 1.88. The molecule has 2 heterocycles. The first-order valence-corrected chi connectivity index (χ1v) is 11.3. The molecule has 0 saturated heterocycles. The minimum atomic E-state index is -0.347. The fourth-order valence-electron chi connectivity index (χ4n) is 3.37. The Morgan fingerprint density at radius 3 is 2.87 bits per heavy atom. The number of hydrogen-bond donors (Lipinski definition) is 1. The van der Waals surface area contributed by atoms with E-state index in [1.54, 1.807) is 4.90 Å². The van der Waals surface area contributed by atoms with E-state index in [0.29, 0.717) is 22.4 Å². The number of benzene rings is 2. The topological polar surface area (TPSA) is 89.4 Å². The predicted octanol–water partition coefficient (Wildman–Crippen LogP) is 3.80. The van der Waals surface area contributed by atoms with Gasteiger partial charge in [0.05, 0.1) is 17.5 Å². The maximum Gasteiger partial charge on any atom is 0.265 e. The number of thioether (sulfide) groups is 1. The molecule has 1 aromatic heterocycles. The summed E-state index contributed by atoms with van der Waals surface area (Å²) in [7, 11) is 1.83. The molecule has 10 heteroatoms. The molecular weight excluding hydrogens is 482 g/mol. The van der Waals surface area contributed by atoms with Crippen LogP contribution in [0.2, 0.25) is 0 Å². The van der Waals surface area contributed by atoms with Gasteiger partial charge in [-0.25, -0.2) is 0 Å². The molecule has 2 aromatic carbocycles. The van der Waals surface area contributed by atoms with Crippen molar-refractivity contribution in [2.75, 3.05) is 22.6 Å². The maximum absolute atomic E-state index is 12.6. The van der Waals surface area contributed by atoms with E-state index < -0.39 is 0 Å². The second kappa shape index (κ2) is 9.11. The number of hydrogen-bond acceptors (Lipinski definition) is 6. The Kier molecular flexibility index (Phi) is 6.28. The highest BCUT2D eigenvalue weighted by Crippen LogP contribution is 2.37. The minimum Gasteiger partial charge on any atom is -0.482 e. The number of rotatable bonds is 6. The van der Waals surface area contributed by atoms with E-state index in [0.717, 1.165) is 10.2 Å². The molecule has 1 unspecified atom stereocenters. The SMILES string of the molecule is CC(c1nnc(SCC(=O)Nc2cccc(Br)c2)n1C)N1C(=O)COc2ccccc21. The summed E-state index contributed by atoms with van der Waals surface area (Å²) >= 11 is 4.67. The quantitative estimate of drug-likeness (QED) is 0.516. The molecule has 31 heavy (non-hydrogen) atoms. The zero-order valence-corrected chi connectivity index (χ0v) is 19.3. The van der Waals surface area contributed by atoms with Crippen molar-refractivity contribution in [2.24, 2.45) is 7.05 Å². The van der Waals surface area contributed by atoms with Crippen molar-refractivity contribution >= 4 is 50.9 Å². The molecule has 0 spiro atoms. The van der Waals surface area contributed by atoms with Gasteiger partial charge in [-0.2, -0.15) is 0 Å².